The van der Waals surface area contributed by atoms with Crippen LogP contribution in [-0.4, -0.2) is 36.2 Å². The lowest BCUT2D eigenvalue weighted by molar-refractivity contribution is 0.188. The highest BCUT2D eigenvalue weighted by atomic mass is 16.5. The molecular weight excluding hydrogens is 226 g/mol. The molecule has 4 nitrogen and oxygen atoms in total. The third-order valence-electron chi connectivity index (χ3n) is 3.78. The Balaban J connectivity index is 1.75. The quantitative estimate of drug-likeness (QED) is 0.898. The zero-order valence-corrected chi connectivity index (χ0v) is 10.7. The van der Waals surface area contributed by atoms with Gasteiger partial charge in [0.15, 0.2) is 5.58 Å². The van der Waals surface area contributed by atoms with Crippen molar-refractivity contribution in [2.24, 2.45) is 0 Å². The molecule has 2 heterocycles. The van der Waals surface area contributed by atoms with Crippen molar-refractivity contribution in [3.8, 4) is 0 Å². The van der Waals surface area contributed by atoms with E-state index in [4.69, 9.17) is 4.52 Å². The number of aromatic nitrogens is 1. The fourth-order valence-electron chi connectivity index (χ4n) is 2.66. The highest BCUT2D eigenvalue weighted by molar-refractivity contribution is 5.79. The Hall–Kier alpha value is -1.39. The lowest BCUT2D eigenvalue weighted by Crippen LogP contribution is -2.40. The third-order valence-corrected chi connectivity index (χ3v) is 3.78. The van der Waals surface area contributed by atoms with E-state index >= 15 is 0 Å². The van der Waals surface area contributed by atoms with Crippen molar-refractivity contribution in [2.75, 3.05) is 20.1 Å². The first kappa shape index (κ1) is 11.7. The fourth-order valence-corrected chi connectivity index (χ4v) is 2.66. The third kappa shape index (κ3) is 2.26. The Kier molecular flexibility index (Phi) is 3.30. The number of nitrogens with zero attached hydrogens (tertiary/aromatic N) is 2. The first-order valence-corrected chi connectivity index (χ1v) is 6.59. The first-order valence-electron chi connectivity index (χ1n) is 6.59. The van der Waals surface area contributed by atoms with Crippen LogP contribution in [0.5, 0.6) is 0 Å². The van der Waals surface area contributed by atoms with E-state index in [0.29, 0.717) is 6.04 Å². The van der Waals surface area contributed by atoms with E-state index in [1.54, 1.807) is 0 Å². The van der Waals surface area contributed by atoms with E-state index in [1.807, 2.05) is 18.2 Å². The van der Waals surface area contributed by atoms with Crippen molar-refractivity contribution in [2.45, 2.75) is 25.4 Å². The molecule has 1 fully saturated rings. The van der Waals surface area contributed by atoms with Crippen molar-refractivity contribution in [1.29, 1.82) is 0 Å². The number of rotatable bonds is 3. The van der Waals surface area contributed by atoms with Gasteiger partial charge in [-0.2, -0.15) is 0 Å². The molecule has 0 spiro atoms. The van der Waals surface area contributed by atoms with Crippen molar-refractivity contribution in [1.82, 2.24) is 15.4 Å². The summed E-state index contributed by atoms with van der Waals surface area (Å²) < 4.78 is 5.35. The van der Waals surface area contributed by atoms with Crippen LogP contribution in [0.3, 0.4) is 0 Å². The lowest BCUT2D eigenvalue weighted by Gasteiger charge is -2.31. The molecule has 0 atom stereocenters. The monoisotopic (exact) mass is 245 g/mol. The van der Waals surface area contributed by atoms with Crippen LogP contribution in [0.15, 0.2) is 28.8 Å². The Morgan fingerprint density at radius 2 is 2.11 bits per heavy atom. The summed E-state index contributed by atoms with van der Waals surface area (Å²) in [6.45, 7) is 3.10. The summed E-state index contributed by atoms with van der Waals surface area (Å²) in [6.07, 6.45) is 2.43. The maximum Gasteiger partial charge on any atom is 0.167 e. The normalized spacial score (nSPS) is 17.7. The summed E-state index contributed by atoms with van der Waals surface area (Å²) >= 11 is 0. The molecule has 1 saturated heterocycles. The zero-order chi connectivity index (χ0) is 12.4. The average molecular weight is 245 g/mol. The Bertz CT molecular complexity index is 516. The molecule has 0 radical (unpaired) electrons. The molecule has 0 aliphatic carbocycles. The van der Waals surface area contributed by atoms with Gasteiger partial charge in [0.05, 0.1) is 0 Å². The summed E-state index contributed by atoms with van der Waals surface area (Å²) in [7, 11) is 2.18. The molecule has 1 aliphatic rings. The smallest absolute Gasteiger partial charge is 0.167 e. The summed E-state index contributed by atoms with van der Waals surface area (Å²) in [6, 6.07) is 8.72. The van der Waals surface area contributed by atoms with Crippen molar-refractivity contribution >= 4 is 11.0 Å². The maximum atomic E-state index is 5.35. The number of hydrogen-bond donors (Lipinski definition) is 1. The van der Waals surface area contributed by atoms with Crippen LogP contribution in [0, 0.1) is 0 Å². The van der Waals surface area contributed by atoms with Crippen molar-refractivity contribution in [3.63, 3.8) is 0 Å². The predicted octanol–water partition coefficient (Wildman–Crippen LogP) is 2.01. The maximum absolute atomic E-state index is 5.35. The van der Waals surface area contributed by atoms with Crippen LogP contribution >= 0.6 is 0 Å². The van der Waals surface area contributed by atoms with Gasteiger partial charge in [0, 0.05) is 18.0 Å². The van der Waals surface area contributed by atoms with Gasteiger partial charge in [-0.3, -0.25) is 4.90 Å². The van der Waals surface area contributed by atoms with Gasteiger partial charge < -0.3 is 9.84 Å². The predicted molar refractivity (Wildman–Crippen MR) is 71.4 cm³/mol. The van der Waals surface area contributed by atoms with E-state index in [1.165, 1.54) is 12.8 Å². The van der Waals surface area contributed by atoms with Crippen molar-refractivity contribution < 1.29 is 4.52 Å². The topological polar surface area (TPSA) is 41.3 Å². The molecule has 2 aromatic rings. The molecule has 96 valence electrons. The van der Waals surface area contributed by atoms with E-state index < -0.39 is 0 Å². The fraction of sp³-hybridized carbons (Fsp3) is 0.500. The number of fused-ring (bicyclic) bond motifs is 1. The minimum absolute atomic E-state index is 0.654. The molecule has 0 amide bonds. The van der Waals surface area contributed by atoms with Crippen LogP contribution in [-0.2, 0) is 6.54 Å². The number of benzene rings is 1. The average Bonchev–Trinajstić information content (AvgIpc) is 2.83. The molecule has 1 aliphatic heterocycles. The van der Waals surface area contributed by atoms with E-state index in [9.17, 15) is 0 Å². The first-order chi connectivity index (χ1) is 8.84. The van der Waals surface area contributed by atoms with E-state index in [-0.39, 0.29) is 0 Å². The Morgan fingerprint density at radius 3 is 2.94 bits per heavy atom. The van der Waals surface area contributed by atoms with Crippen LogP contribution in [0.1, 0.15) is 18.5 Å². The zero-order valence-electron chi connectivity index (χ0n) is 10.7. The highest BCUT2D eigenvalue weighted by Gasteiger charge is 2.19. The summed E-state index contributed by atoms with van der Waals surface area (Å²) in [5.74, 6) is 0. The minimum Gasteiger partial charge on any atom is -0.356 e. The molecule has 0 bridgehead atoms. The van der Waals surface area contributed by atoms with Crippen molar-refractivity contribution in [3.05, 3.63) is 30.0 Å². The molecule has 1 N–H and O–H groups in total. The van der Waals surface area contributed by atoms with E-state index in [0.717, 1.165) is 36.3 Å². The van der Waals surface area contributed by atoms with E-state index in [2.05, 4.69) is 28.5 Å². The van der Waals surface area contributed by atoms with Gasteiger partial charge in [-0.25, -0.2) is 0 Å². The number of para-hydroxylation sites is 1. The number of nitrogens with one attached hydrogen (secondary N) is 1. The second-order valence-electron chi connectivity index (χ2n) is 5.02. The van der Waals surface area contributed by atoms with Gasteiger partial charge in [-0.15, -0.1) is 0 Å². The second kappa shape index (κ2) is 5.08. The van der Waals surface area contributed by atoms with Gasteiger partial charge in [-0.05, 0) is 45.1 Å². The summed E-state index contributed by atoms with van der Waals surface area (Å²) in [5, 5.41) is 8.73. The summed E-state index contributed by atoms with van der Waals surface area (Å²) in [4.78, 5) is 2.39. The molecule has 1 aromatic carbocycles. The second-order valence-corrected chi connectivity index (χ2v) is 5.02. The Morgan fingerprint density at radius 1 is 1.33 bits per heavy atom. The molecule has 18 heavy (non-hydrogen) atoms. The Labute approximate surface area is 107 Å². The van der Waals surface area contributed by atoms with Crippen LogP contribution < -0.4 is 5.32 Å². The van der Waals surface area contributed by atoms with Gasteiger partial charge in [0.1, 0.15) is 5.69 Å². The minimum atomic E-state index is 0.654. The lowest BCUT2D eigenvalue weighted by atomic mass is 10.0. The number of hydrogen-bond acceptors (Lipinski definition) is 4. The van der Waals surface area contributed by atoms with Gasteiger partial charge in [0.25, 0.3) is 0 Å². The number of piperidine rings is 1. The van der Waals surface area contributed by atoms with Gasteiger partial charge in [-0.1, -0.05) is 17.3 Å². The largest absolute Gasteiger partial charge is 0.356 e. The van der Waals surface area contributed by atoms with Crippen LogP contribution in [0.25, 0.3) is 11.0 Å². The molecule has 3 rings (SSSR count). The standard InChI is InChI=1S/C14H19N3O/c1-17(11-6-8-15-9-7-11)10-13-12-4-2-3-5-14(12)18-16-13/h2-5,11,15H,6-10H2,1H3. The molecule has 1 aromatic heterocycles. The highest BCUT2D eigenvalue weighted by Crippen LogP contribution is 2.20. The van der Waals surface area contributed by atoms with Crippen LogP contribution in [0.4, 0.5) is 0 Å². The summed E-state index contributed by atoms with van der Waals surface area (Å²) in [5.41, 5.74) is 1.93. The molecule has 0 saturated carbocycles. The van der Waals surface area contributed by atoms with Crippen LogP contribution in [0.2, 0.25) is 0 Å². The SMILES string of the molecule is CN(Cc1noc2ccccc12)C1CCNCC1. The van der Waals surface area contributed by atoms with Gasteiger partial charge in [0.2, 0.25) is 0 Å². The van der Waals surface area contributed by atoms with Gasteiger partial charge >= 0.3 is 0 Å². The molecule has 0 unspecified atom stereocenters. The molecule has 4 heteroatoms. The molecular formula is C14H19N3O.